The summed E-state index contributed by atoms with van der Waals surface area (Å²) in [6.07, 6.45) is 0. The van der Waals surface area contributed by atoms with Gasteiger partial charge in [0.2, 0.25) is 0 Å². The van der Waals surface area contributed by atoms with Crippen LogP contribution >= 0.6 is 22.7 Å². The molecule has 1 amide bonds. The first-order chi connectivity index (χ1) is 12.7. The normalized spacial score (nSPS) is 10.8. The first-order valence-electron chi connectivity index (χ1n) is 7.95. The van der Waals surface area contributed by atoms with Crippen molar-refractivity contribution in [2.24, 2.45) is 0 Å². The van der Waals surface area contributed by atoms with Gasteiger partial charge in [-0.25, -0.2) is 0 Å². The molecule has 1 N–H and O–H groups in total. The highest BCUT2D eigenvalue weighted by Gasteiger charge is 2.18. The molecule has 0 aliphatic carbocycles. The van der Waals surface area contributed by atoms with Crippen LogP contribution in [0.3, 0.4) is 0 Å². The van der Waals surface area contributed by atoms with Gasteiger partial charge in [0.1, 0.15) is 15.9 Å². The van der Waals surface area contributed by atoms with E-state index in [1.165, 1.54) is 22.7 Å². The van der Waals surface area contributed by atoms with Gasteiger partial charge in [-0.05, 0) is 30.0 Å². The molecule has 0 aliphatic heterocycles. The van der Waals surface area contributed by atoms with E-state index >= 15 is 0 Å². The number of fused-ring (bicyclic) bond motifs is 1. The van der Waals surface area contributed by atoms with Gasteiger partial charge < -0.3 is 5.32 Å². The molecule has 3 heterocycles. The number of aryl methyl sites for hydroxylation is 1. The number of thiophene rings is 2. The molecule has 0 spiro atoms. The van der Waals surface area contributed by atoms with Gasteiger partial charge in [-0.1, -0.05) is 30.3 Å². The minimum absolute atomic E-state index is 0.198. The van der Waals surface area contributed by atoms with Crippen molar-refractivity contribution >= 4 is 43.8 Å². The Balaban J connectivity index is 1.64. The Bertz CT molecular complexity index is 1130. The first kappa shape index (κ1) is 16.5. The predicted octanol–water partition coefficient (Wildman–Crippen LogP) is 4.64. The number of anilines is 1. The fourth-order valence-electron chi connectivity index (χ4n) is 2.75. The summed E-state index contributed by atoms with van der Waals surface area (Å²) in [6.45, 7) is 2.61. The summed E-state index contributed by atoms with van der Waals surface area (Å²) in [7, 11) is 0. The van der Waals surface area contributed by atoms with Crippen LogP contribution in [0.1, 0.15) is 26.5 Å². The Labute approximate surface area is 158 Å². The summed E-state index contributed by atoms with van der Waals surface area (Å²) >= 11 is 2.76. The van der Waals surface area contributed by atoms with E-state index in [9.17, 15) is 4.79 Å². The molecule has 4 rings (SSSR count). The average Bonchev–Trinajstić information content (AvgIpc) is 3.34. The second-order valence-electron chi connectivity index (χ2n) is 5.79. The highest BCUT2D eigenvalue weighted by molar-refractivity contribution is 7.20. The third-order valence-corrected chi connectivity index (χ3v) is 6.00. The maximum atomic E-state index is 12.6. The molecule has 4 aromatic rings. The zero-order valence-electron chi connectivity index (χ0n) is 13.9. The summed E-state index contributed by atoms with van der Waals surface area (Å²) in [5.41, 5.74) is 2.55. The van der Waals surface area contributed by atoms with Crippen molar-refractivity contribution in [3.8, 4) is 6.07 Å². The number of carbonyl (C=O) groups is 1. The molecule has 1 aromatic carbocycles. The molecule has 0 saturated heterocycles. The maximum Gasteiger partial charge on any atom is 0.266 e. The second-order valence-corrected chi connectivity index (χ2v) is 7.73. The molecule has 0 fully saturated rings. The Morgan fingerprint density at radius 1 is 1.31 bits per heavy atom. The average molecular weight is 378 g/mol. The molecule has 5 nitrogen and oxygen atoms in total. The lowest BCUT2D eigenvalue weighted by molar-refractivity contribution is 0.103. The molecule has 0 atom stereocenters. The largest absolute Gasteiger partial charge is 0.312 e. The van der Waals surface area contributed by atoms with Crippen LogP contribution in [0.4, 0.5) is 5.00 Å². The SMILES string of the molecule is Cc1nn(Cc2ccccc2)c2sc(C(=O)Nc3sccc3C#N)cc12. The lowest BCUT2D eigenvalue weighted by Crippen LogP contribution is -2.09. The molecular formula is C19H14N4OS2. The number of amides is 1. The van der Waals surface area contributed by atoms with E-state index in [1.807, 2.05) is 35.9 Å². The zero-order valence-corrected chi connectivity index (χ0v) is 15.5. The van der Waals surface area contributed by atoms with Crippen LogP contribution in [-0.4, -0.2) is 15.7 Å². The smallest absolute Gasteiger partial charge is 0.266 e. The van der Waals surface area contributed by atoms with Crippen LogP contribution in [0.2, 0.25) is 0 Å². The lowest BCUT2D eigenvalue weighted by atomic mass is 10.2. The summed E-state index contributed by atoms with van der Waals surface area (Å²) < 4.78 is 1.94. The van der Waals surface area contributed by atoms with Crippen molar-refractivity contribution in [2.45, 2.75) is 13.5 Å². The number of benzene rings is 1. The van der Waals surface area contributed by atoms with Gasteiger partial charge in [-0.2, -0.15) is 10.4 Å². The van der Waals surface area contributed by atoms with Crippen molar-refractivity contribution in [3.05, 3.63) is 69.5 Å². The number of nitrogens with zero attached hydrogens (tertiary/aromatic N) is 3. The highest BCUT2D eigenvalue weighted by Crippen LogP contribution is 2.30. The number of rotatable bonds is 4. The maximum absolute atomic E-state index is 12.6. The van der Waals surface area contributed by atoms with Crippen molar-refractivity contribution in [2.75, 3.05) is 5.32 Å². The van der Waals surface area contributed by atoms with Crippen molar-refractivity contribution in [3.63, 3.8) is 0 Å². The van der Waals surface area contributed by atoms with Gasteiger partial charge in [0, 0.05) is 5.39 Å². The number of hydrogen-bond acceptors (Lipinski definition) is 5. The van der Waals surface area contributed by atoms with Gasteiger partial charge >= 0.3 is 0 Å². The molecule has 128 valence electrons. The molecule has 0 radical (unpaired) electrons. The minimum atomic E-state index is -0.198. The van der Waals surface area contributed by atoms with Crippen LogP contribution < -0.4 is 5.32 Å². The van der Waals surface area contributed by atoms with Crippen LogP contribution in [0.5, 0.6) is 0 Å². The molecule has 0 saturated carbocycles. The third kappa shape index (κ3) is 3.01. The first-order valence-corrected chi connectivity index (χ1v) is 9.65. The Hall–Kier alpha value is -2.95. The van der Waals surface area contributed by atoms with E-state index in [2.05, 4.69) is 28.6 Å². The van der Waals surface area contributed by atoms with Crippen LogP contribution in [0, 0.1) is 18.3 Å². The van der Waals surface area contributed by atoms with Gasteiger partial charge in [-0.15, -0.1) is 22.7 Å². The summed E-state index contributed by atoms with van der Waals surface area (Å²) in [5, 5.41) is 19.9. The molecule has 26 heavy (non-hydrogen) atoms. The lowest BCUT2D eigenvalue weighted by Gasteiger charge is -2.03. The summed E-state index contributed by atoms with van der Waals surface area (Å²) in [6, 6.07) is 15.8. The van der Waals surface area contributed by atoms with Gasteiger partial charge in [-0.3, -0.25) is 9.48 Å². The zero-order chi connectivity index (χ0) is 18.1. The van der Waals surface area contributed by atoms with Crippen molar-refractivity contribution in [1.82, 2.24) is 9.78 Å². The number of nitrogens with one attached hydrogen (secondary N) is 1. The molecule has 3 aromatic heterocycles. The van der Waals surface area contributed by atoms with Gasteiger partial charge in [0.25, 0.3) is 5.91 Å². The fourth-order valence-corrected chi connectivity index (χ4v) is 4.54. The van der Waals surface area contributed by atoms with E-state index in [4.69, 9.17) is 5.26 Å². The number of hydrogen-bond donors (Lipinski definition) is 1. The van der Waals surface area contributed by atoms with Gasteiger partial charge in [0.15, 0.2) is 0 Å². The predicted molar refractivity (Wildman–Crippen MR) is 105 cm³/mol. The Morgan fingerprint density at radius 3 is 2.88 bits per heavy atom. The minimum Gasteiger partial charge on any atom is -0.312 e. The summed E-state index contributed by atoms with van der Waals surface area (Å²) in [4.78, 5) is 14.2. The van der Waals surface area contributed by atoms with E-state index in [1.54, 1.807) is 11.4 Å². The van der Waals surface area contributed by atoms with Crippen molar-refractivity contribution < 1.29 is 4.79 Å². The topological polar surface area (TPSA) is 70.7 Å². The van der Waals surface area contributed by atoms with Crippen molar-refractivity contribution in [1.29, 1.82) is 5.26 Å². The van der Waals surface area contributed by atoms with E-state index < -0.39 is 0 Å². The summed E-state index contributed by atoms with van der Waals surface area (Å²) in [5.74, 6) is -0.198. The highest BCUT2D eigenvalue weighted by atomic mass is 32.1. The molecule has 7 heteroatoms. The monoisotopic (exact) mass is 378 g/mol. The molecule has 0 aliphatic rings. The number of carbonyl (C=O) groups excluding carboxylic acids is 1. The van der Waals surface area contributed by atoms with E-state index in [0.717, 1.165) is 21.5 Å². The second kappa shape index (κ2) is 6.75. The van der Waals surface area contributed by atoms with Gasteiger partial charge in [0.05, 0.1) is 22.7 Å². The standard InChI is InChI=1S/C19H14N4OS2/c1-12-15-9-16(17(24)21-18-14(10-20)7-8-25-18)26-19(15)23(22-12)11-13-5-3-2-4-6-13/h2-9H,11H2,1H3,(H,21,24). The third-order valence-electron chi connectivity index (χ3n) is 4.02. The molecule has 0 bridgehead atoms. The Kier molecular flexibility index (Phi) is 4.29. The van der Waals surface area contributed by atoms with E-state index in [-0.39, 0.29) is 5.91 Å². The quantitative estimate of drug-likeness (QED) is 0.562. The van der Waals surface area contributed by atoms with Crippen LogP contribution in [-0.2, 0) is 6.54 Å². The van der Waals surface area contributed by atoms with E-state index in [0.29, 0.717) is 22.0 Å². The number of aromatic nitrogens is 2. The Morgan fingerprint density at radius 2 is 2.12 bits per heavy atom. The fraction of sp³-hybridized carbons (Fsp3) is 0.105. The number of nitriles is 1. The van der Waals surface area contributed by atoms with Crippen LogP contribution in [0.15, 0.2) is 47.8 Å². The molecular weight excluding hydrogens is 364 g/mol. The molecule has 0 unspecified atom stereocenters. The van der Waals surface area contributed by atoms with Crippen LogP contribution in [0.25, 0.3) is 10.2 Å².